The second-order valence-electron chi connectivity index (χ2n) is 13.3. The minimum Gasteiger partial charge on any atom is -0.393 e. The molecule has 3 saturated carbocycles. The summed E-state index contributed by atoms with van der Waals surface area (Å²) in [5.74, 6) is 5.83. The third-order valence-corrected chi connectivity index (χ3v) is 11.6. The predicted octanol–water partition coefficient (Wildman–Crippen LogP) is 8.58. The molecule has 0 saturated heterocycles. The lowest BCUT2D eigenvalue weighted by atomic mass is 9.47. The molecule has 0 aromatic heterocycles. The summed E-state index contributed by atoms with van der Waals surface area (Å²) in [5, 5.41) is 10.3. The SMILES string of the molecule is C=C(CC)[C@H](CC[C@@H](C)[C@H]1CC[C@H]2[C@@H]3CC=C4C[C@@H](O)CC[C@]4(C)[C@H]3CC[C@]12C)C(C)C. The standard InChI is InChI=1S/C31H52O/c1-8-21(4)25(20(2)3)11-9-22(5)27-13-14-28-26-12-10-23-19-24(32)15-17-30(23,6)29(26)16-18-31(27,28)7/h10,20,22,24-29,32H,4,8-9,11-19H2,1-3,5-7H3/t22-,24+,25-,26+,27-,28+,29+,30+,31-/m1/s1. The Kier molecular flexibility index (Phi) is 7.09. The average Bonchev–Trinajstić information content (AvgIpc) is 3.11. The fourth-order valence-corrected chi connectivity index (χ4v) is 9.53. The van der Waals surface area contributed by atoms with Crippen LogP contribution in [-0.2, 0) is 0 Å². The highest BCUT2D eigenvalue weighted by molar-refractivity contribution is 5.25. The van der Waals surface area contributed by atoms with Gasteiger partial charge in [0, 0.05) is 0 Å². The first-order valence-corrected chi connectivity index (χ1v) is 14.2. The van der Waals surface area contributed by atoms with Gasteiger partial charge in [-0.3, -0.25) is 0 Å². The van der Waals surface area contributed by atoms with E-state index in [-0.39, 0.29) is 6.10 Å². The van der Waals surface area contributed by atoms with Crippen molar-refractivity contribution in [1.29, 1.82) is 0 Å². The molecule has 182 valence electrons. The summed E-state index contributed by atoms with van der Waals surface area (Å²) in [6.07, 6.45) is 16.6. The molecule has 32 heavy (non-hydrogen) atoms. The van der Waals surface area contributed by atoms with Crippen LogP contribution in [0.1, 0.15) is 112 Å². The van der Waals surface area contributed by atoms with Crippen molar-refractivity contribution in [3.8, 4) is 0 Å². The third-order valence-electron chi connectivity index (χ3n) is 11.6. The van der Waals surface area contributed by atoms with Gasteiger partial charge in [-0.2, -0.15) is 0 Å². The zero-order chi connectivity index (χ0) is 23.3. The zero-order valence-corrected chi connectivity index (χ0v) is 22.1. The second kappa shape index (κ2) is 9.24. The molecule has 0 aromatic rings. The first kappa shape index (κ1) is 24.6. The van der Waals surface area contributed by atoms with Crippen LogP contribution in [0.2, 0.25) is 0 Å². The van der Waals surface area contributed by atoms with Gasteiger partial charge in [0.2, 0.25) is 0 Å². The monoisotopic (exact) mass is 440 g/mol. The van der Waals surface area contributed by atoms with Crippen molar-refractivity contribution < 1.29 is 5.11 Å². The molecule has 4 aliphatic rings. The van der Waals surface area contributed by atoms with Crippen LogP contribution in [0.15, 0.2) is 23.8 Å². The molecule has 0 amide bonds. The van der Waals surface area contributed by atoms with Crippen LogP contribution in [0.3, 0.4) is 0 Å². The summed E-state index contributed by atoms with van der Waals surface area (Å²) in [5.41, 5.74) is 4.00. The highest BCUT2D eigenvalue weighted by Gasteiger charge is 2.59. The lowest BCUT2D eigenvalue weighted by Gasteiger charge is -2.58. The second-order valence-corrected chi connectivity index (χ2v) is 13.3. The minimum absolute atomic E-state index is 0.0881. The maximum atomic E-state index is 10.3. The van der Waals surface area contributed by atoms with E-state index in [0.29, 0.717) is 16.7 Å². The van der Waals surface area contributed by atoms with E-state index in [1.165, 1.54) is 56.9 Å². The van der Waals surface area contributed by atoms with E-state index in [1.807, 2.05) is 0 Å². The molecule has 0 aromatic carbocycles. The molecule has 0 radical (unpaired) electrons. The van der Waals surface area contributed by atoms with E-state index in [0.717, 1.165) is 54.8 Å². The van der Waals surface area contributed by atoms with Gasteiger partial charge < -0.3 is 5.11 Å². The van der Waals surface area contributed by atoms with E-state index in [4.69, 9.17) is 0 Å². The van der Waals surface area contributed by atoms with Crippen LogP contribution in [0, 0.1) is 52.3 Å². The van der Waals surface area contributed by atoms with Crippen LogP contribution in [0.5, 0.6) is 0 Å². The molecule has 0 aliphatic heterocycles. The Bertz CT molecular complexity index is 718. The Morgan fingerprint density at radius 1 is 1.06 bits per heavy atom. The average molecular weight is 441 g/mol. The zero-order valence-electron chi connectivity index (χ0n) is 22.1. The highest BCUT2D eigenvalue weighted by Crippen LogP contribution is 2.67. The third kappa shape index (κ3) is 4.08. The van der Waals surface area contributed by atoms with Crippen LogP contribution in [0.25, 0.3) is 0 Å². The van der Waals surface area contributed by atoms with Crippen molar-refractivity contribution >= 4 is 0 Å². The van der Waals surface area contributed by atoms with Gasteiger partial charge >= 0.3 is 0 Å². The fraction of sp³-hybridized carbons (Fsp3) is 0.871. The predicted molar refractivity (Wildman–Crippen MR) is 137 cm³/mol. The first-order chi connectivity index (χ1) is 15.1. The van der Waals surface area contributed by atoms with E-state index in [2.05, 4.69) is 54.2 Å². The molecule has 3 fully saturated rings. The molecule has 1 heteroatoms. The Labute approximate surface area is 199 Å². The summed E-state index contributed by atoms with van der Waals surface area (Å²) in [7, 11) is 0. The van der Waals surface area contributed by atoms with E-state index < -0.39 is 0 Å². The maximum Gasteiger partial charge on any atom is 0.0577 e. The van der Waals surface area contributed by atoms with Gasteiger partial charge in [0.15, 0.2) is 0 Å². The number of hydrogen-bond acceptors (Lipinski definition) is 1. The molecule has 9 atom stereocenters. The number of aliphatic hydroxyl groups is 1. The van der Waals surface area contributed by atoms with Crippen molar-refractivity contribution in [3.63, 3.8) is 0 Å². The van der Waals surface area contributed by atoms with Gasteiger partial charge in [-0.15, -0.1) is 0 Å². The lowest BCUT2D eigenvalue weighted by molar-refractivity contribution is -0.0574. The van der Waals surface area contributed by atoms with Gasteiger partial charge in [-0.05, 0) is 123 Å². The Hall–Kier alpha value is -0.560. The molecule has 0 unspecified atom stereocenters. The molecule has 4 rings (SSSR count). The smallest absolute Gasteiger partial charge is 0.0577 e. The van der Waals surface area contributed by atoms with E-state index in [1.54, 1.807) is 5.57 Å². The largest absolute Gasteiger partial charge is 0.393 e. The van der Waals surface area contributed by atoms with Crippen molar-refractivity contribution in [1.82, 2.24) is 0 Å². The van der Waals surface area contributed by atoms with Gasteiger partial charge in [0.25, 0.3) is 0 Å². The highest BCUT2D eigenvalue weighted by atomic mass is 16.3. The molecule has 1 nitrogen and oxygen atoms in total. The summed E-state index contributed by atoms with van der Waals surface area (Å²) in [4.78, 5) is 0. The maximum absolute atomic E-state index is 10.3. The van der Waals surface area contributed by atoms with E-state index >= 15 is 0 Å². The van der Waals surface area contributed by atoms with Crippen LogP contribution in [0.4, 0.5) is 0 Å². The summed E-state index contributed by atoms with van der Waals surface area (Å²) >= 11 is 0. The molecular weight excluding hydrogens is 388 g/mol. The van der Waals surface area contributed by atoms with Crippen molar-refractivity contribution in [2.75, 3.05) is 0 Å². The molecule has 1 N–H and O–H groups in total. The van der Waals surface area contributed by atoms with Crippen molar-refractivity contribution in [2.45, 2.75) is 118 Å². The van der Waals surface area contributed by atoms with E-state index in [9.17, 15) is 5.11 Å². The number of rotatable bonds is 7. The fourth-order valence-electron chi connectivity index (χ4n) is 9.53. The van der Waals surface area contributed by atoms with Crippen molar-refractivity contribution in [3.05, 3.63) is 23.8 Å². The minimum atomic E-state index is -0.0881. The lowest BCUT2D eigenvalue weighted by Crippen LogP contribution is -2.50. The molecular formula is C31H52O. The molecule has 0 heterocycles. The summed E-state index contributed by atoms with van der Waals surface area (Å²) in [6, 6.07) is 0. The molecule has 4 aliphatic carbocycles. The number of allylic oxidation sites excluding steroid dienone is 2. The van der Waals surface area contributed by atoms with Gasteiger partial charge in [0.1, 0.15) is 0 Å². The van der Waals surface area contributed by atoms with Gasteiger partial charge in [0.05, 0.1) is 6.10 Å². The van der Waals surface area contributed by atoms with Gasteiger partial charge in [-0.1, -0.05) is 65.3 Å². The normalized spacial score (nSPS) is 43.1. The Morgan fingerprint density at radius 2 is 1.81 bits per heavy atom. The quantitative estimate of drug-likeness (QED) is 0.393. The Morgan fingerprint density at radius 3 is 2.50 bits per heavy atom. The number of aliphatic hydroxyl groups excluding tert-OH is 1. The summed E-state index contributed by atoms with van der Waals surface area (Å²) < 4.78 is 0. The molecule has 0 bridgehead atoms. The first-order valence-electron chi connectivity index (χ1n) is 14.2. The number of hydrogen-bond donors (Lipinski definition) is 1. The van der Waals surface area contributed by atoms with Gasteiger partial charge in [-0.25, -0.2) is 0 Å². The Balaban J connectivity index is 1.46. The number of fused-ring (bicyclic) bond motifs is 5. The topological polar surface area (TPSA) is 20.2 Å². The van der Waals surface area contributed by atoms with Crippen LogP contribution < -0.4 is 0 Å². The summed E-state index contributed by atoms with van der Waals surface area (Å²) in [6.45, 7) is 19.3. The molecule has 0 spiro atoms. The van der Waals surface area contributed by atoms with Crippen molar-refractivity contribution in [2.24, 2.45) is 52.3 Å². The van der Waals surface area contributed by atoms with Crippen LogP contribution in [-0.4, -0.2) is 11.2 Å². The van der Waals surface area contributed by atoms with Crippen LogP contribution >= 0.6 is 0 Å².